The number of pyridine rings is 1. The van der Waals surface area contributed by atoms with Crippen LogP contribution in [0.4, 0.5) is 0 Å². The van der Waals surface area contributed by atoms with Crippen molar-refractivity contribution in [3.63, 3.8) is 0 Å². The fraction of sp³-hybridized carbons (Fsp3) is 0.0690. The number of hydrogen-bond acceptors (Lipinski definition) is 2. The molecule has 5 nitrogen and oxygen atoms in total. The van der Waals surface area contributed by atoms with Gasteiger partial charge < -0.3 is 4.74 Å². The van der Waals surface area contributed by atoms with Crippen LogP contribution in [0.2, 0.25) is 0 Å². The van der Waals surface area contributed by atoms with Crippen molar-refractivity contribution in [1.82, 2.24) is 14.1 Å². The van der Waals surface area contributed by atoms with Crippen molar-refractivity contribution in [3.8, 4) is 62.1 Å². The second kappa shape index (κ2) is 16.1. The third-order valence-corrected chi connectivity index (χ3v) is 10.7. The predicted molar refractivity (Wildman–Crippen MR) is 257 cm³/mol. The Hall–Kier alpha value is -8.02. The summed E-state index contributed by atoms with van der Waals surface area (Å²) in [4.78, 5) is 4.81. The molecular formula is C58H44N4O. The molecule has 0 saturated carbocycles. The van der Waals surface area contributed by atoms with E-state index in [1.807, 2.05) is 65.2 Å². The molecule has 3 aromatic heterocycles. The first-order valence-corrected chi connectivity index (χ1v) is 20.2. The average molecular weight is 830 g/mol. The van der Waals surface area contributed by atoms with Gasteiger partial charge in [-0.25, -0.2) is 4.98 Å². The Labute approximate surface area is 391 Å². The van der Waals surface area contributed by atoms with Crippen LogP contribution >= 0.6 is 0 Å². The lowest BCUT2D eigenvalue weighted by Gasteiger charge is -2.17. The van der Waals surface area contributed by atoms with Gasteiger partial charge in [0.15, 0.2) is 0 Å². The predicted octanol–water partition coefficient (Wildman–Crippen LogP) is 14.2. The lowest BCUT2D eigenvalue weighted by atomic mass is 9.95. The molecule has 0 N–H and O–H groups in total. The molecule has 8 aromatic carbocycles. The first kappa shape index (κ1) is 23.8. The van der Waals surface area contributed by atoms with Gasteiger partial charge in [0.2, 0.25) is 0 Å². The first-order valence-electron chi connectivity index (χ1n) is 28.7. The maximum absolute atomic E-state index is 9.33. The van der Waals surface area contributed by atoms with Crippen molar-refractivity contribution < 1.29 is 32.6 Å². The van der Waals surface area contributed by atoms with Gasteiger partial charge in [-0.1, -0.05) is 171 Å². The van der Waals surface area contributed by atoms with Gasteiger partial charge in [0.25, 0.3) is 6.33 Å². The summed E-state index contributed by atoms with van der Waals surface area (Å²) < 4.78 is 160. The summed E-state index contributed by atoms with van der Waals surface area (Å²) in [7, 11) is 0. The molecule has 0 amide bonds. The Bertz CT molecular complexity index is 4260. The minimum atomic E-state index is -2.06. The van der Waals surface area contributed by atoms with Crippen molar-refractivity contribution in [1.29, 1.82) is 0 Å². The van der Waals surface area contributed by atoms with E-state index in [-0.39, 0.29) is 44.6 Å². The molecule has 0 aliphatic heterocycles. The van der Waals surface area contributed by atoms with E-state index in [9.17, 15) is 2.74 Å². The minimum Gasteiger partial charge on any atom is -0.458 e. The number of nitrogens with zero attached hydrogens (tertiary/aromatic N) is 4. The number of para-hydroxylation sites is 4. The topological polar surface area (TPSA) is 35.9 Å². The number of hydrogen-bond donors (Lipinski definition) is 0. The largest absolute Gasteiger partial charge is 0.458 e. The standard InChI is InChI=1S/C58H44N4O/c1-40(2)34-44-35-57(59-38-52(44)43-22-10-5-11-23-43)62-53-29-13-12-26-50(53)51-33-32-47(37-56(51)62)63-46-25-16-24-45(36-46)60-39-61(55-31-15-14-30-54(55)60)58-48(41-18-6-3-7-19-41)27-17-28-49(58)42-20-8-4-9-21-42/h3-33,35-38,40H,34H2,1-2H3/i3D,4D,5D,6D,7D,8D,9D,10D,11D,18D,19D,20D,21D,22D,23D,34D2. The van der Waals surface area contributed by atoms with Gasteiger partial charge in [-0.05, 0) is 88.1 Å². The lowest BCUT2D eigenvalue weighted by Crippen LogP contribution is -2.31. The van der Waals surface area contributed by atoms with E-state index in [2.05, 4.69) is 6.33 Å². The molecule has 11 rings (SSSR count). The molecule has 302 valence electrons. The Morgan fingerprint density at radius 2 is 1.21 bits per heavy atom. The van der Waals surface area contributed by atoms with Crippen LogP contribution < -0.4 is 9.30 Å². The zero-order chi connectivity index (χ0) is 57.1. The molecule has 0 unspecified atom stereocenters. The molecule has 0 aliphatic carbocycles. The van der Waals surface area contributed by atoms with E-state index < -0.39 is 103 Å². The SMILES string of the molecule is [2H]c1c([2H])c([2H])c(-c2cnc(-n3c4ccccc4c4ccc(Oc5cccc(-n6[c-][n+](-c7c(-c8c([2H])c([2H])c([2H])c([2H])c8[2H])cccc7-c7c([2H])c([2H])c([2H])c([2H])c7[2H])c7ccccc76)c5)cc43)cc2C([2H])([2H])C(C)C)c([2H])c1[2H]. The summed E-state index contributed by atoms with van der Waals surface area (Å²) in [6.07, 6.45) is 2.70. The summed E-state index contributed by atoms with van der Waals surface area (Å²) in [5.74, 6) is 0.482. The van der Waals surface area contributed by atoms with Gasteiger partial charge in [-0.15, -0.1) is 0 Å². The van der Waals surface area contributed by atoms with E-state index in [4.69, 9.17) is 30.3 Å². The molecule has 63 heavy (non-hydrogen) atoms. The lowest BCUT2D eigenvalue weighted by molar-refractivity contribution is -0.571. The summed E-state index contributed by atoms with van der Waals surface area (Å²) in [6, 6.07) is 25.4. The molecule has 0 atom stereocenters. The van der Waals surface area contributed by atoms with Gasteiger partial charge in [0, 0.05) is 31.3 Å². The molecule has 0 radical (unpaired) electrons. The monoisotopic (exact) mass is 829 g/mol. The highest BCUT2D eigenvalue weighted by atomic mass is 16.5. The average Bonchev–Trinajstić information content (AvgIpc) is 4.14. The fourth-order valence-corrected chi connectivity index (χ4v) is 8.04. The molecule has 0 fully saturated rings. The molecule has 0 spiro atoms. The minimum absolute atomic E-state index is 0.0695. The van der Waals surface area contributed by atoms with E-state index in [1.165, 1.54) is 12.3 Å². The van der Waals surface area contributed by atoms with Crippen LogP contribution in [0.15, 0.2) is 212 Å². The third-order valence-electron chi connectivity index (χ3n) is 10.7. The summed E-state index contributed by atoms with van der Waals surface area (Å²) >= 11 is 0. The number of fused-ring (bicyclic) bond motifs is 4. The van der Waals surface area contributed by atoms with E-state index >= 15 is 0 Å². The molecule has 11 aromatic rings. The number of rotatable bonds is 10. The Morgan fingerprint density at radius 3 is 1.90 bits per heavy atom. The summed E-state index contributed by atoms with van der Waals surface area (Å²) in [5, 5.41) is 1.67. The molecule has 0 bridgehead atoms. The number of benzene rings is 8. The van der Waals surface area contributed by atoms with Gasteiger partial charge >= 0.3 is 0 Å². The maximum Gasteiger partial charge on any atom is 0.269 e. The highest BCUT2D eigenvalue weighted by Gasteiger charge is 2.21. The van der Waals surface area contributed by atoms with Crippen molar-refractivity contribution in [2.75, 3.05) is 0 Å². The molecule has 0 saturated heterocycles. The second-order valence-corrected chi connectivity index (χ2v) is 15.0. The van der Waals surface area contributed by atoms with Crippen LogP contribution in [-0.2, 0) is 6.37 Å². The van der Waals surface area contributed by atoms with Gasteiger partial charge in [0.05, 0.1) is 54.0 Å². The van der Waals surface area contributed by atoms with Crippen molar-refractivity contribution in [3.05, 3.63) is 224 Å². The van der Waals surface area contributed by atoms with Crippen molar-refractivity contribution in [2.45, 2.75) is 20.2 Å². The smallest absolute Gasteiger partial charge is 0.269 e. The highest BCUT2D eigenvalue weighted by molar-refractivity contribution is 6.09. The Morgan fingerprint density at radius 1 is 0.603 bits per heavy atom. The van der Waals surface area contributed by atoms with Crippen LogP contribution in [0.3, 0.4) is 0 Å². The number of imidazole rings is 1. The van der Waals surface area contributed by atoms with Crippen LogP contribution in [-0.4, -0.2) is 14.1 Å². The van der Waals surface area contributed by atoms with E-state index in [0.717, 1.165) is 16.3 Å². The van der Waals surface area contributed by atoms with Crippen molar-refractivity contribution in [2.24, 2.45) is 5.92 Å². The van der Waals surface area contributed by atoms with Crippen LogP contribution in [0.25, 0.3) is 83.4 Å². The first-order chi connectivity index (χ1) is 38.0. The quantitative estimate of drug-likeness (QED) is 0.102. The molecule has 0 aliphatic rings. The van der Waals surface area contributed by atoms with Gasteiger partial charge in [0.1, 0.15) is 17.3 Å². The summed E-state index contributed by atoms with van der Waals surface area (Å²) in [6.45, 7) is 3.41. The number of ether oxygens (including phenoxy) is 1. The normalized spacial score (nSPS) is 15.6. The highest BCUT2D eigenvalue weighted by Crippen LogP contribution is 2.38. The van der Waals surface area contributed by atoms with Gasteiger partial charge in [-0.3, -0.25) is 13.7 Å². The van der Waals surface area contributed by atoms with Crippen LogP contribution in [0.5, 0.6) is 11.5 Å². The van der Waals surface area contributed by atoms with Crippen molar-refractivity contribution >= 4 is 32.8 Å². The fourth-order valence-electron chi connectivity index (χ4n) is 8.04. The Balaban J connectivity index is 1.06. The molecular weight excluding hydrogens is 769 g/mol. The van der Waals surface area contributed by atoms with E-state index in [0.29, 0.717) is 39.6 Å². The molecule has 3 heterocycles. The zero-order valence-corrected chi connectivity index (χ0v) is 33.8. The van der Waals surface area contributed by atoms with Gasteiger partial charge in [-0.2, -0.15) is 0 Å². The van der Waals surface area contributed by atoms with Crippen LogP contribution in [0.1, 0.15) is 42.7 Å². The second-order valence-electron chi connectivity index (χ2n) is 15.0. The Kier molecular flexibility index (Phi) is 6.10. The van der Waals surface area contributed by atoms with Crippen LogP contribution in [0, 0.1) is 12.2 Å². The summed E-state index contributed by atoms with van der Waals surface area (Å²) in [5.41, 5.74) is 2.94. The number of aromatic nitrogens is 4. The third kappa shape index (κ3) is 7.04. The van der Waals surface area contributed by atoms with E-state index in [1.54, 1.807) is 71.5 Å². The maximum atomic E-state index is 9.33. The zero-order valence-electron chi connectivity index (χ0n) is 50.8. The molecule has 5 heteroatoms.